The summed E-state index contributed by atoms with van der Waals surface area (Å²) >= 11 is 1.76. The summed E-state index contributed by atoms with van der Waals surface area (Å²) in [5, 5.41) is 2.11. The van der Waals surface area contributed by atoms with Crippen molar-refractivity contribution < 1.29 is 0 Å². The topological polar surface area (TPSA) is 15.6 Å². The molecule has 1 aromatic heterocycles. The number of nitrogens with zero attached hydrogens (tertiary/aromatic N) is 2. The molecule has 0 saturated carbocycles. The van der Waals surface area contributed by atoms with Crippen LogP contribution in [-0.2, 0) is 0 Å². The highest BCUT2D eigenvalue weighted by Gasteiger charge is 2.14. The molecule has 0 aliphatic carbocycles. The van der Waals surface area contributed by atoms with Gasteiger partial charge in [-0.3, -0.25) is 0 Å². The van der Waals surface area contributed by atoms with E-state index in [-0.39, 0.29) is 0 Å². The zero-order valence-corrected chi connectivity index (χ0v) is 7.79. The molecule has 2 aliphatic heterocycles. The van der Waals surface area contributed by atoms with Crippen LogP contribution in [0.25, 0.3) is 12.2 Å². The van der Waals surface area contributed by atoms with Gasteiger partial charge in [-0.15, -0.1) is 11.3 Å². The highest BCUT2D eigenvalue weighted by molar-refractivity contribution is 7.11. The van der Waals surface area contributed by atoms with Gasteiger partial charge in [0.25, 0.3) is 0 Å². The van der Waals surface area contributed by atoms with Crippen LogP contribution in [0.5, 0.6) is 0 Å². The zero-order valence-electron chi connectivity index (χ0n) is 6.97. The van der Waals surface area contributed by atoms with Crippen LogP contribution in [0.3, 0.4) is 0 Å². The molecule has 13 heavy (non-hydrogen) atoms. The van der Waals surface area contributed by atoms with E-state index in [9.17, 15) is 0 Å². The number of hydrogen-bond acceptors (Lipinski definition) is 3. The van der Waals surface area contributed by atoms with Gasteiger partial charge in [-0.25, -0.2) is 4.99 Å². The monoisotopic (exact) mass is 188 g/mol. The average Bonchev–Trinajstić information content (AvgIpc) is 2.72. The van der Waals surface area contributed by atoms with Crippen molar-refractivity contribution in [3.8, 4) is 0 Å². The molecule has 64 valence electrons. The molecule has 3 heterocycles. The van der Waals surface area contributed by atoms with Crippen molar-refractivity contribution in [2.45, 2.75) is 0 Å². The molecule has 0 saturated heterocycles. The van der Waals surface area contributed by atoms with E-state index in [2.05, 4.69) is 39.7 Å². The van der Waals surface area contributed by atoms with Gasteiger partial charge in [0, 0.05) is 17.3 Å². The van der Waals surface area contributed by atoms with Crippen molar-refractivity contribution in [3.63, 3.8) is 0 Å². The molecule has 0 aromatic carbocycles. The predicted octanol–water partition coefficient (Wildman–Crippen LogP) is 2.42. The Hall–Kier alpha value is -1.35. The average molecular weight is 188 g/mol. The first-order chi connectivity index (χ1) is 6.43. The van der Waals surface area contributed by atoms with Crippen molar-refractivity contribution in [1.82, 2.24) is 4.90 Å². The largest absolute Gasteiger partial charge is 0.328 e. The van der Waals surface area contributed by atoms with Gasteiger partial charge in [-0.05, 0) is 29.2 Å². The summed E-state index contributed by atoms with van der Waals surface area (Å²) in [5.74, 6) is 1.05. The third-order valence-electron chi connectivity index (χ3n) is 2.22. The van der Waals surface area contributed by atoms with Gasteiger partial charge in [-0.1, -0.05) is 0 Å². The van der Waals surface area contributed by atoms with E-state index < -0.39 is 0 Å². The number of aliphatic imine (C=N–C) groups is 1. The minimum atomic E-state index is 0.900. The number of thiophene rings is 1. The molecule has 2 aliphatic rings. The molecular weight excluding hydrogens is 180 g/mol. The maximum Gasteiger partial charge on any atom is 0.133 e. The van der Waals surface area contributed by atoms with Crippen molar-refractivity contribution in [3.05, 3.63) is 33.9 Å². The van der Waals surface area contributed by atoms with Crippen LogP contribution in [0.4, 0.5) is 0 Å². The smallest absolute Gasteiger partial charge is 0.133 e. The molecule has 0 atom stereocenters. The Balaban J connectivity index is 2.18. The van der Waals surface area contributed by atoms with Gasteiger partial charge >= 0.3 is 0 Å². The van der Waals surface area contributed by atoms with Crippen LogP contribution in [0.15, 0.2) is 28.5 Å². The molecule has 0 N–H and O–H groups in total. The van der Waals surface area contributed by atoms with E-state index in [0.717, 1.165) is 12.4 Å². The molecule has 0 unspecified atom stereocenters. The van der Waals surface area contributed by atoms with E-state index in [0.29, 0.717) is 0 Å². The highest BCUT2D eigenvalue weighted by atomic mass is 32.1. The lowest BCUT2D eigenvalue weighted by Crippen LogP contribution is -2.09. The third-order valence-corrected chi connectivity index (χ3v) is 3.10. The summed E-state index contributed by atoms with van der Waals surface area (Å²) in [7, 11) is 0. The lowest BCUT2D eigenvalue weighted by molar-refractivity contribution is 0.563. The maximum absolute atomic E-state index is 4.31. The molecule has 2 nitrogen and oxygen atoms in total. The summed E-state index contributed by atoms with van der Waals surface area (Å²) in [6, 6.07) is 2.14. The first kappa shape index (κ1) is 7.09. The molecule has 1 aromatic rings. The molecule has 3 heteroatoms. The Morgan fingerprint density at radius 3 is 3.46 bits per heavy atom. The van der Waals surface area contributed by atoms with Crippen LogP contribution in [0.2, 0.25) is 0 Å². The van der Waals surface area contributed by atoms with Gasteiger partial charge in [0.15, 0.2) is 0 Å². The van der Waals surface area contributed by atoms with Crippen molar-refractivity contribution in [2.24, 2.45) is 4.99 Å². The lowest BCUT2D eigenvalue weighted by Gasteiger charge is -2.09. The van der Waals surface area contributed by atoms with E-state index >= 15 is 0 Å². The van der Waals surface area contributed by atoms with Crippen LogP contribution in [0.1, 0.15) is 10.4 Å². The van der Waals surface area contributed by atoms with E-state index in [1.54, 1.807) is 11.3 Å². The highest BCUT2D eigenvalue weighted by Crippen LogP contribution is 2.27. The Labute approximate surface area is 80.5 Å². The molecule has 0 radical (unpaired) electrons. The molecule has 0 amide bonds. The summed E-state index contributed by atoms with van der Waals surface area (Å²) in [6.07, 6.45) is 8.32. The molecule has 0 spiro atoms. The summed E-state index contributed by atoms with van der Waals surface area (Å²) < 4.78 is 0. The van der Waals surface area contributed by atoms with Crippen LogP contribution < -0.4 is 0 Å². The predicted molar refractivity (Wildman–Crippen MR) is 56.5 cm³/mol. The van der Waals surface area contributed by atoms with E-state index in [1.165, 1.54) is 10.4 Å². The fourth-order valence-corrected chi connectivity index (χ4v) is 2.33. The number of hydrogen-bond donors (Lipinski definition) is 0. The molecule has 3 rings (SSSR count). The van der Waals surface area contributed by atoms with Crippen LogP contribution >= 0.6 is 11.3 Å². The quantitative estimate of drug-likeness (QED) is 0.610. The van der Waals surface area contributed by atoms with Gasteiger partial charge in [0.2, 0.25) is 0 Å². The second-order valence-electron chi connectivity index (χ2n) is 3.02. The summed E-state index contributed by atoms with van der Waals surface area (Å²) in [4.78, 5) is 7.76. The normalized spacial score (nSPS) is 18.2. The minimum Gasteiger partial charge on any atom is -0.328 e. The fraction of sp³-hybridized carbons (Fsp3) is 0.100. The van der Waals surface area contributed by atoms with Crippen LogP contribution in [0, 0.1) is 0 Å². The van der Waals surface area contributed by atoms with E-state index in [1.807, 2.05) is 6.21 Å². The van der Waals surface area contributed by atoms with Crippen molar-refractivity contribution >= 4 is 29.7 Å². The first-order valence-electron chi connectivity index (χ1n) is 4.20. The Morgan fingerprint density at radius 2 is 2.46 bits per heavy atom. The minimum absolute atomic E-state index is 0.900. The Morgan fingerprint density at radius 1 is 1.46 bits per heavy atom. The molecular formula is C10H8N2S. The SMILES string of the molecule is C1=CN2CC=NC2=Cc2sccc21. The van der Waals surface area contributed by atoms with E-state index in [4.69, 9.17) is 0 Å². The second-order valence-corrected chi connectivity index (χ2v) is 3.97. The fourth-order valence-electron chi connectivity index (χ4n) is 1.52. The van der Waals surface area contributed by atoms with Gasteiger partial charge in [0.05, 0.1) is 6.54 Å². The number of rotatable bonds is 0. The van der Waals surface area contributed by atoms with Gasteiger partial charge in [0.1, 0.15) is 5.82 Å². The van der Waals surface area contributed by atoms with Gasteiger partial charge in [-0.2, -0.15) is 0 Å². The standard InChI is InChI=1S/C10H8N2S/c1-4-12-5-3-11-10(12)7-9-8(1)2-6-13-9/h1-4,6-7H,5H2. The Kier molecular flexibility index (Phi) is 1.40. The first-order valence-corrected chi connectivity index (χ1v) is 5.08. The number of fused-ring (bicyclic) bond motifs is 2. The maximum atomic E-state index is 4.31. The summed E-state index contributed by atoms with van der Waals surface area (Å²) in [6.45, 7) is 0.900. The van der Waals surface area contributed by atoms with Crippen LogP contribution in [-0.4, -0.2) is 17.7 Å². The van der Waals surface area contributed by atoms with Gasteiger partial charge < -0.3 is 4.90 Å². The lowest BCUT2D eigenvalue weighted by atomic mass is 10.2. The van der Waals surface area contributed by atoms with Crippen molar-refractivity contribution in [1.29, 1.82) is 0 Å². The Bertz CT molecular complexity index is 426. The van der Waals surface area contributed by atoms with Crippen molar-refractivity contribution in [2.75, 3.05) is 6.54 Å². The molecule has 0 bridgehead atoms. The zero-order chi connectivity index (χ0) is 8.67. The molecule has 0 fully saturated rings. The summed E-state index contributed by atoms with van der Waals surface area (Å²) in [5.41, 5.74) is 1.29. The second kappa shape index (κ2) is 2.57. The third kappa shape index (κ3) is 1.04.